The molecule has 0 aliphatic carbocycles. The summed E-state index contributed by atoms with van der Waals surface area (Å²) in [6, 6.07) is 16.6. The van der Waals surface area contributed by atoms with Gasteiger partial charge < -0.3 is 9.84 Å². The summed E-state index contributed by atoms with van der Waals surface area (Å²) >= 11 is 0. The topological polar surface area (TPSA) is 58.6 Å². The van der Waals surface area contributed by atoms with Gasteiger partial charge in [0.15, 0.2) is 5.54 Å². The predicted octanol–water partition coefficient (Wildman–Crippen LogP) is 2.57. The first kappa shape index (κ1) is 15.1. The highest BCUT2D eigenvalue weighted by Crippen LogP contribution is 2.23. The summed E-state index contributed by atoms with van der Waals surface area (Å²) in [5.41, 5.74) is 0.516. The largest absolute Gasteiger partial charge is 0.491 e. The molecule has 0 saturated heterocycles. The van der Waals surface area contributed by atoms with Crippen LogP contribution in [0, 0.1) is 6.92 Å². The Balaban J connectivity index is 2.25. The summed E-state index contributed by atoms with van der Waals surface area (Å²) in [6.07, 6.45) is 0. The Bertz CT molecular complexity index is 595. The SMILES string of the molecule is CNC(COc1ccc(C)cc1)(C(=O)O)c1ccccc1. The van der Waals surface area contributed by atoms with Crippen molar-refractivity contribution in [3.05, 3.63) is 65.7 Å². The molecule has 0 amide bonds. The molecule has 2 rings (SSSR count). The number of carboxylic acid groups (broad SMARTS) is 1. The van der Waals surface area contributed by atoms with Gasteiger partial charge in [-0.1, -0.05) is 48.0 Å². The summed E-state index contributed by atoms with van der Waals surface area (Å²) in [6.45, 7) is 1.99. The second-order valence-corrected chi connectivity index (χ2v) is 4.93. The molecule has 0 saturated carbocycles. The molecule has 0 heterocycles. The van der Waals surface area contributed by atoms with Crippen LogP contribution in [0.3, 0.4) is 0 Å². The van der Waals surface area contributed by atoms with Gasteiger partial charge in [-0.3, -0.25) is 5.32 Å². The Kier molecular flexibility index (Phi) is 4.60. The number of hydrogen-bond donors (Lipinski definition) is 2. The lowest BCUT2D eigenvalue weighted by Gasteiger charge is -2.29. The fourth-order valence-corrected chi connectivity index (χ4v) is 2.14. The van der Waals surface area contributed by atoms with E-state index in [1.807, 2.05) is 49.4 Å². The maximum Gasteiger partial charge on any atom is 0.332 e. The molecule has 2 N–H and O–H groups in total. The number of ether oxygens (including phenoxy) is 1. The van der Waals surface area contributed by atoms with Crippen LogP contribution in [0.2, 0.25) is 0 Å². The molecule has 0 spiro atoms. The van der Waals surface area contributed by atoms with Gasteiger partial charge in [-0.25, -0.2) is 4.79 Å². The van der Waals surface area contributed by atoms with E-state index in [0.29, 0.717) is 11.3 Å². The fourth-order valence-electron chi connectivity index (χ4n) is 2.14. The molecule has 1 atom stereocenters. The maximum atomic E-state index is 11.8. The Morgan fingerprint density at radius 2 is 1.76 bits per heavy atom. The molecule has 0 fully saturated rings. The van der Waals surface area contributed by atoms with Gasteiger partial charge in [0.1, 0.15) is 12.4 Å². The molecule has 0 bridgehead atoms. The zero-order valence-corrected chi connectivity index (χ0v) is 12.2. The van der Waals surface area contributed by atoms with Crippen molar-refractivity contribution < 1.29 is 14.6 Å². The van der Waals surface area contributed by atoms with Crippen molar-refractivity contribution in [3.63, 3.8) is 0 Å². The van der Waals surface area contributed by atoms with Crippen molar-refractivity contribution in [1.29, 1.82) is 0 Å². The van der Waals surface area contributed by atoms with Gasteiger partial charge in [0.05, 0.1) is 0 Å². The molecule has 1 unspecified atom stereocenters. The van der Waals surface area contributed by atoms with E-state index in [4.69, 9.17) is 4.74 Å². The number of rotatable bonds is 6. The van der Waals surface area contributed by atoms with Gasteiger partial charge in [0.2, 0.25) is 0 Å². The van der Waals surface area contributed by atoms with Gasteiger partial charge in [0, 0.05) is 0 Å². The van der Waals surface area contributed by atoms with Crippen molar-refractivity contribution in [1.82, 2.24) is 5.32 Å². The van der Waals surface area contributed by atoms with Crippen molar-refractivity contribution in [3.8, 4) is 5.75 Å². The van der Waals surface area contributed by atoms with Crippen LogP contribution in [0.15, 0.2) is 54.6 Å². The number of aliphatic carboxylic acids is 1. The third-order valence-corrected chi connectivity index (χ3v) is 3.53. The van der Waals surface area contributed by atoms with E-state index in [1.165, 1.54) is 0 Å². The van der Waals surface area contributed by atoms with Crippen LogP contribution in [0.1, 0.15) is 11.1 Å². The average molecular weight is 285 g/mol. The van der Waals surface area contributed by atoms with E-state index in [2.05, 4.69) is 5.32 Å². The number of aryl methyl sites for hydroxylation is 1. The normalized spacial score (nSPS) is 13.4. The molecule has 4 nitrogen and oxygen atoms in total. The number of benzene rings is 2. The van der Waals surface area contributed by atoms with Crippen LogP contribution in [0.25, 0.3) is 0 Å². The molecule has 0 aliphatic heterocycles. The minimum atomic E-state index is -1.27. The zero-order chi connectivity index (χ0) is 15.3. The van der Waals surface area contributed by atoms with Crippen LogP contribution >= 0.6 is 0 Å². The van der Waals surface area contributed by atoms with Crippen molar-refractivity contribution in [2.24, 2.45) is 0 Å². The van der Waals surface area contributed by atoms with E-state index < -0.39 is 11.5 Å². The third kappa shape index (κ3) is 3.23. The third-order valence-electron chi connectivity index (χ3n) is 3.53. The Hall–Kier alpha value is -2.33. The number of nitrogens with one attached hydrogen (secondary N) is 1. The van der Waals surface area contributed by atoms with E-state index >= 15 is 0 Å². The van der Waals surface area contributed by atoms with Gasteiger partial charge in [-0.15, -0.1) is 0 Å². The summed E-state index contributed by atoms with van der Waals surface area (Å²) < 4.78 is 5.69. The number of carboxylic acids is 1. The molecular formula is C17H19NO3. The first-order chi connectivity index (χ1) is 10.1. The summed E-state index contributed by atoms with van der Waals surface area (Å²) in [5, 5.41) is 12.5. The lowest BCUT2D eigenvalue weighted by Crippen LogP contribution is -2.52. The Morgan fingerprint density at radius 1 is 1.14 bits per heavy atom. The lowest BCUT2D eigenvalue weighted by atomic mass is 9.91. The summed E-state index contributed by atoms with van der Waals surface area (Å²) in [5.74, 6) is -0.319. The van der Waals surface area contributed by atoms with E-state index in [-0.39, 0.29) is 6.61 Å². The van der Waals surface area contributed by atoms with Crippen LogP contribution in [-0.4, -0.2) is 24.7 Å². The minimum absolute atomic E-state index is 0.00586. The molecule has 0 aromatic heterocycles. The van der Waals surface area contributed by atoms with Crippen LogP contribution in [0.5, 0.6) is 5.75 Å². The van der Waals surface area contributed by atoms with Gasteiger partial charge >= 0.3 is 5.97 Å². The average Bonchev–Trinajstić information content (AvgIpc) is 2.51. The van der Waals surface area contributed by atoms with E-state index in [9.17, 15) is 9.90 Å². The van der Waals surface area contributed by atoms with Crippen LogP contribution < -0.4 is 10.1 Å². The maximum absolute atomic E-state index is 11.8. The molecule has 4 heteroatoms. The van der Waals surface area contributed by atoms with Crippen molar-refractivity contribution >= 4 is 5.97 Å². The van der Waals surface area contributed by atoms with Gasteiger partial charge in [-0.2, -0.15) is 0 Å². The van der Waals surface area contributed by atoms with Gasteiger partial charge in [-0.05, 0) is 31.7 Å². The zero-order valence-electron chi connectivity index (χ0n) is 12.2. The van der Waals surface area contributed by atoms with E-state index in [1.54, 1.807) is 19.2 Å². The monoisotopic (exact) mass is 285 g/mol. The highest BCUT2D eigenvalue weighted by atomic mass is 16.5. The first-order valence-electron chi connectivity index (χ1n) is 6.76. The number of hydrogen-bond acceptors (Lipinski definition) is 3. The summed E-state index contributed by atoms with van der Waals surface area (Å²) in [4.78, 5) is 11.8. The lowest BCUT2D eigenvalue weighted by molar-refractivity contribution is -0.146. The number of carbonyl (C=O) groups is 1. The molecule has 2 aromatic rings. The highest BCUT2D eigenvalue weighted by Gasteiger charge is 2.40. The van der Waals surface area contributed by atoms with Crippen LogP contribution in [-0.2, 0) is 10.3 Å². The highest BCUT2D eigenvalue weighted by molar-refractivity contribution is 5.81. The van der Waals surface area contributed by atoms with Crippen LogP contribution in [0.4, 0.5) is 0 Å². The van der Waals surface area contributed by atoms with Gasteiger partial charge in [0.25, 0.3) is 0 Å². The minimum Gasteiger partial charge on any atom is -0.491 e. The Morgan fingerprint density at radius 3 is 2.29 bits per heavy atom. The number of likely N-dealkylation sites (N-methyl/N-ethyl adjacent to an activating group) is 1. The molecule has 2 aromatic carbocycles. The molecule has 110 valence electrons. The predicted molar refractivity (Wildman–Crippen MR) is 81.5 cm³/mol. The standard InChI is InChI=1S/C17H19NO3/c1-13-8-10-15(11-9-13)21-12-17(18-2,16(19)20)14-6-4-3-5-7-14/h3-11,18H,12H2,1-2H3,(H,19,20). The molecule has 21 heavy (non-hydrogen) atoms. The fraction of sp³-hybridized carbons (Fsp3) is 0.235. The molecule has 0 radical (unpaired) electrons. The van der Waals surface area contributed by atoms with Crippen molar-refractivity contribution in [2.75, 3.05) is 13.7 Å². The first-order valence-corrected chi connectivity index (χ1v) is 6.76. The Labute approximate surface area is 124 Å². The second kappa shape index (κ2) is 6.41. The second-order valence-electron chi connectivity index (χ2n) is 4.93. The van der Waals surface area contributed by atoms with E-state index in [0.717, 1.165) is 5.56 Å². The summed E-state index contributed by atoms with van der Waals surface area (Å²) in [7, 11) is 1.62. The quantitative estimate of drug-likeness (QED) is 0.856. The molecular weight excluding hydrogens is 266 g/mol. The molecule has 0 aliphatic rings. The van der Waals surface area contributed by atoms with Crippen molar-refractivity contribution in [2.45, 2.75) is 12.5 Å². The smallest absolute Gasteiger partial charge is 0.332 e.